The van der Waals surface area contributed by atoms with Crippen LogP contribution in [0, 0.1) is 5.92 Å². The van der Waals surface area contributed by atoms with Crippen molar-refractivity contribution in [3.63, 3.8) is 0 Å². The maximum atomic E-state index is 9.33. The van der Waals surface area contributed by atoms with E-state index in [4.69, 9.17) is 0 Å². The van der Waals surface area contributed by atoms with Gasteiger partial charge in [-0.05, 0) is 32.2 Å². The van der Waals surface area contributed by atoms with E-state index >= 15 is 0 Å². The average molecular weight is 141 g/mol. The molecule has 0 bridgehead atoms. The van der Waals surface area contributed by atoms with Gasteiger partial charge in [0.15, 0.2) is 0 Å². The van der Waals surface area contributed by atoms with E-state index < -0.39 is 0 Å². The van der Waals surface area contributed by atoms with Gasteiger partial charge in [0.25, 0.3) is 0 Å². The highest BCUT2D eigenvalue weighted by atomic mass is 16.3. The lowest BCUT2D eigenvalue weighted by Crippen LogP contribution is -2.44. The van der Waals surface area contributed by atoms with Crippen LogP contribution < -0.4 is 5.32 Å². The SMILES string of the molecule is OC1CCC1C1CCCN1. The van der Waals surface area contributed by atoms with Crippen molar-refractivity contribution in [1.29, 1.82) is 0 Å². The van der Waals surface area contributed by atoms with Gasteiger partial charge in [0.1, 0.15) is 0 Å². The van der Waals surface area contributed by atoms with Crippen LogP contribution in [0.15, 0.2) is 0 Å². The Balaban J connectivity index is 1.86. The van der Waals surface area contributed by atoms with Crippen molar-refractivity contribution in [2.75, 3.05) is 6.54 Å². The molecule has 58 valence electrons. The van der Waals surface area contributed by atoms with Crippen LogP contribution in [0.2, 0.25) is 0 Å². The maximum absolute atomic E-state index is 9.33. The molecule has 3 unspecified atom stereocenters. The van der Waals surface area contributed by atoms with Gasteiger partial charge in [0.05, 0.1) is 6.10 Å². The Labute approximate surface area is 61.6 Å². The molecular weight excluding hydrogens is 126 g/mol. The van der Waals surface area contributed by atoms with E-state index in [0.29, 0.717) is 12.0 Å². The van der Waals surface area contributed by atoms with E-state index in [0.717, 1.165) is 13.0 Å². The summed E-state index contributed by atoms with van der Waals surface area (Å²) in [5.41, 5.74) is 0. The molecule has 0 spiro atoms. The van der Waals surface area contributed by atoms with Gasteiger partial charge in [-0.25, -0.2) is 0 Å². The first-order chi connectivity index (χ1) is 4.88. The third kappa shape index (κ3) is 0.956. The molecule has 2 N–H and O–H groups in total. The smallest absolute Gasteiger partial charge is 0.0583 e. The van der Waals surface area contributed by atoms with Gasteiger partial charge in [-0.3, -0.25) is 0 Å². The first kappa shape index (κ1) is 6.62. The lowest BCUT2D eigenvalue weighted by molar-refractivity contribution is 0.00612. The zero-order chi connectivity index (χ0) is 6.97. The van der Waals surface area contributed by atoms with Gasteiger partial charge in [-0.2, -0.15) is 0 Å². The number of nitrogens with one attached hydrogen (secondary N) is 1. The highest BCUT2D eigenvalue weighted by Gasteiger charge is 2.36. The summed E-state index contributed by atoms with van der Waals surface area (Å²) in [5, 5.41) is 12.8. The summed E-state index contributed by atoms with van der Waals surface area (Å²) in [4.78, 5) is 0. The van der Waals surface area contributed by atoms with E-state index in [9.17, 15) is 5.11 Å². The molecule has 1 aliphatic carbocycles. The van der Waals surface area contributed by atoms with Crippen LogP contribution in [0.1, 0.15) is 25.7 Å². The minimum absolute atomic E-state index is 0.00981. The zero-order valence-corrected chi connectivity index (χ0v) is 6.21. The molecule has 1 saturated heterocycles. The van der Waals surface area contributed by atoms with Crippen LogP contribution >= 0.6 is 0 Å². The number of aliphatic hydroxyl groups is 1. The Hall–Kier alpha value is -0.0800. The summed E-state index contributed by atoms with van der Waals surface area (Å²) < 4.78 is 0. The van der Waals surface area contributed by atoms with Gasteiger partial charge >= 0.3 is 0 Å². The molecule has 0 radical (unpaired) electrons. The van der Waals surface area contributed by atoms with E-state index in [1.165, 1.54) is 19.3 Å². The standard InChI is InChI=1S/C8H15NO/c10-8-4-3-6(8)7-2-1-5-9-7/h6-10H,1-5H2. The van der Waals surface area contributed by atoms with Gasteiger partial charge in [0.2, 0.25) is 0 Å². The molecule has 3 atom stereocenters. The molecule has 1 heterocycles. The lowest BCUT2D eigenvalue weighted by Gasteiger charge is -2.36. The molecule has 2 rings (SSSR count). The number of aliphatic hydroxyl groups excluding tert-OH is 1. The second-order valence-corrected chi connectivity index (χ2v) is 3.51. The predicted molar refractivity (Wildman–Crippen MR) is 39.8 cm³/mol. The Morgan fingerprint density at radius 2 is 2.10 bits per heavy atom. The predicted octanol–water partition coefficient (Wildman–Crippen LogP) is 0.509. The fourth-order valence-electron chi connectivity index (χ4n) is 2.05. The van der Waals surface area contributed by atoms with Crippen molar-refractivity contribution < 1.29 is 5.11 Å². The van der Waals surface area contributed by atoms with Crippen molar-refractivity contribution in [2.24, 2.45) is 5.92 Å². The Bertz CT molecular complexity index is 120. The molecule has 10 heavy (non-hydrogen) atoms. The van der Waals surface area contributed by atoms with Crippen LogP contribution in [0.3, 0.4) is 0 Å². The molecule has 2 fully saturated rings. The summed E-state index contributed by atoms with van der Waals surface area (Å²) >= 11 is 0. The molecule has 0 aromatic carbocycles. The molecule has 1 aliphatic heterocycles. The Kier molecular flexibility index (Phi) is 1.66. The van der Waals surface area contributed by atoms with Crippen molar-refractivity contribution in [3.05, 3.63) is 0 Å². The topological polar surface area (TPSA) is 32.3 Å². The van der Waals surface area contributed by atoms with Crippen molar-refractivity contribution in [1.82, 2.24) is 5.32 Å². The lowest BCUT2D eigenvalue weighted by atomic mass is 9.76. The second kappa shape index (κ2) is 2.51. The third-order valence-corrected chi connectivity index (χ3v) is 2.91. The first-order valence-electron chi connectivity index (χ1n) is 4.29. The van der Waals surface area contributed by atoms with Crippen LogP contribution in [-0.2, 0) is 0 Å². The molecule has 0 aromatic rings. The molecule has 2 nitrogen and oxygen atoms in total. The normalized spacial score (nSPS) is 47.1. The zero-order valence-electron chi connectivity index (χ0n) is 6.21. The summed E-state index contributed by atoms with van der Waals surface area (Å²) in [6.45, 7) is 1.16. The molecular formula is C8H15NO. The van der Waals surface area contributed by atoms with Crippen LogP contribution in [0.25, 0.3) is 0 Å². The highest BCUT2D eigenvalue weighted by molar-refractivity contribution is 4.91. The Morgan fingerprint density at radius 1 is 1.20 bits per heavy atom. The monoisotopic (exact) mass is 141 g/mol. The van der Waals surface area contributed by atoms with Crippen LogP contribution in [-0.4, -0.2) is 23.8 Å². The minimum atomic E-state index is 0.00981. The van der Waals surface area contributed by atoms with E-state index in [-0.39, 0.29) is 6.10 Å². The summed E-state index contributed by atoms with van der Waals surface area (Å²) in [7, 11) is 0. The van der Waals surface area contributed by atoms with Crippen LogP contribution in [0.4, 0.5) is 0 Å². The molecule has 0 amide bonds. The van der Waals surface area contributed by atoms with Crippen molar-refractivity contribution in [3.8, 4) is 0 Å². The first-order valence-corrected chi connectivity index (χ1v) is 4.29. The number of hydrogen-bond acceptors (Lipinski definition) is 2. The fourth-order valence-corrected chi connectivity index (χ4v) is 2.05. The molecule has 2 aliphatic rings. The number of rotatable bonds is 1. The summed E-state index contributed by atoms with van der Waals surface area (Å²) in [6, 6.07) is 0.642. The third-order valence-electron chi connectivity index (χ3n) is 2.91. The van der Waals surface area contributed by atoms with Gasteiger partial charge in [-0.1, -0.05) is 0 Å². The highest BCUT2D eigenvalue weighted by Crippen LogP contribution is 2.33. The van der Waals surface area contributed by atoms with E-state index in [1.807, 2.05) is 0 Å². The Morgan fingerprint density at radius 3 is 2.50 bits per heavy atom. The maximum Gasteiger partial charge on any atom is 0.0583 e. The van der Waals surface area contributed by atoms with Gasteiger partial charge < -0.3 is 10.4 Å². The summed E-state index contributed by atoms with van der Waals surface area (Å²) in [6.07, 6.45) is 4.85. The van der Waals surface area contributed by atoms with Crippen molar-refractivity contribution >= 4 is 0 Å². The van der Waals surface area contributed by atoms with Gasteiger partial charge in [0, 0.05) is 12.0 Å². The minimum Gasteiger partial charge on any atom is -0.393 e. The van der Waals surface area contributed by atoms with Crippen LogP contribution in [0.5, 0.6) is 0 Å². The fraction of sp³-hybridized carbons (Fsp3) is 1.00. The number of hydrogen-bond donors (Lipinski definition) is 2. The van der Waals surface area contributed by atoms with Crippen molar-refractivity contribution in [2.45, 2.75) is 37.8 Å². The van der Waals surface area contributed by atoms with E-state index in [2.05, 4.69) is 5.32 Å². The summed E-state index contributed by atoms with van der Waals surface area (Å²) in [5.74, 6) is 0.586. The second-order valence-electron chi connectivity index (χ2n) is 3.51. The largest absolute Gasteiger partial charge is 0.393 e. The molecule has 0 aromatic heterocycles. The quantitative estimate of drug-likeness (QED) is 0.557. The van der Waals surface area contributed by atoms with Gasteiger partial charge in [-0.15, -0.1) is 0 Å². The molecule has 2 heteroatoms. The average Bonchev–Trinajstić information content (AvgIpc) is 2.37. The molecule has 1 saturated carbocycles. The van der Waals surface area contributed by atoms with E-state index in [1.54, 1.807) is 0 Å².